The zero-order chi connectivity index (χ0) is 81.8. The highest BCUT2D eigenvalue weighted by Gasteiger charge is 2.58. The number of carbonyl (C=O) groups is 2. The lowest BCUT2D eigenvalue weighted by atomic mass is 9.77. The third-order valence-corrected chi connectivity index (χ3v) is 24.5. The first kappa shape index (κ1) is 94.8. The van der Waals surface area contributed by atoms with Crippen molar-refractivity contribution in [2.24, 2.45) is 40.6 Å². The van der Waals surface area contributed by atoms with Crippen molar-refractivity contribution in [3.63, 3.8) is 0 Å². The zero-order valence-corrected chi connectivity index (χ0v) is 68.3. The molecule has 13 N–H and O–H groups in total. The summed E-state index contributed by atoms with van der Waals surface area (Å²) in [6.45, 7) is 33.5. The van der Waals surface area contributed by atoms with Crippen LogP contribution in [0.5, 0.6) is 0 Å². The fourth-order valence-electron chi connectivity index (χ4n) is 17.4. The number of rotatable bonds is 14. The second-order valence-corrected chi connectivity index (χ2v) is 34.2. The fourth-order valence-corrected chi connectivity index (χ4v) is 17.4. The maximum absolute atomic E-state index is 14.2. The molecular formula is C74H139N6O27+. The van der Waals surface area contributed by atoms with E-state index in [2.05, 4.69) is 10.0 Å². The first-order valence-electron chi connectivity index (χ1n) is 38.2. The molecule has 0 radical (unpaired) electrons. The Morgan fingerprint density at radius 1 is 0.561 bits per heavy atom. The lowest BCUT2D eigenvalue weighted by Gasteiger charge is -2.49. The molecule has 39 atom stereocenters. The summed E-state index contributed by atoms with van der Waals surface area (Å²) in [6, 6.07) is -3.66. The number of aliphatic hydroxyl groups excluding tert-OH is 8. The van der Waals surface area contributed by atoms with Gasteiger partial charge >= 0.3 is 11.9 Å². The fraction of sp³-hybridized carbons (Fsp3) is 0.973. The minimum Gasteiger partial charge on any atom is -0.459 e. The van der Waals surface area contributed by atoms with Crippen LogP contribution in [0, 0.1) is 35.5 Å². The lowest BCUT2D eigenvalue weighted by Crippen LogP contribution is -2.64. The molecule has 6 saturated heterocycles. The van der Waals surface area contributed by atoms with E-state index in [1.54, 1.807) is 116 Å². The molecule has 0 amide bonds. The minimum atomic E-state index is -2.01. The Bertz CT molecular complexity index is 2850. The van der Waals surface area contributed by atoms with Gasteiger partial charge in [0.2, 0.25) is 0 Å². The Labute approximate surface area is 633 Å². The molecule has 0 aromatic carbocycles. The molecule has 0 saturated carbocycles. The molecule has 0 bridgehead atoms. The maximum Gasteiger partial charge on any atom is 0.311 e. The second kappa shape index (κ2) is 37.7. The average molecular weight is 1540 g/mol. The van der Waals surface area contributed by atoms with Crippen molar-refractivity contribution in [3.05, 3.63) is 10.4 Å². The molecule has 6 fully saturated rings. The standard InChI is InChI=1S/C38H72N2O13.C36H67N4O14/c1-15-25-38(10,47)31(43)22(5)40(13)18-19(2)16-36(8,46)33(53-35-29(42)27(39(11)12)28(41)23(6)50-35)20(3)30(21(4)34(45)51-25)52-26-17-37(9,48-14)32(44)24(7)49-26;1-13-23-36(10,47)29(43)20(5)40(11,48)16-17(2)14-34(8,46)31(54-33-27(42)25(38-39-37)26(41)21(6)51-33)18(3)28(19(4)32(45)52-23)53-24-15-35(9,49-12)30(44)22(7)50-24/h19-33,35,41-44,46-47H,15-18H2,1-14H3;17-31,33,41-44,46-48H,13-16H2,1-12H3/q;+1/t19-,20+,21-,22-,23-,24+,25-,26+,27+,28-,29-,30+,31-,32+,33-,35+,36-,37-,38-;17-,18+,19-,20-,21-,22+,23-,24+,25+,26-,27-,28+,29-,30+,31-,33+,34-,35-,36-,40?/m11/s1. The SMILES string of the molecule is CC[C@H]1OC(=O)[C@H](C)[C@@H](O[C@H]2C[C@@](C)(OC)[C@@H](O)[C@H](C)O2)[C@H](C)[C@@H](O[C@@H]2O[C@H](C)[C@@H](O)[C@H](N(C)C)[C@H]2O)[C@](C)(O)C[C@@H](C)CN(C)[C@H](C)[C@@H](O)[C@]1(C)O.CC[C@H]1OC(=O)[C@H](C)[C@@H](O[C@H]2C[C@@](C)(OC)[C@@H](O)[C@H](C)O2)[C@H](C)[C@@H](O[C@@H]2O[C@H](C)[C@@H](O)[C@H](N=[N+]=[N-])[C@H]2O)[C@](C)(O)C[C@@H](C)C[N+](C)(O)[C@H](C)[C@@H](O)[C@]1(C)O. The molecule has 6 rings (SSSR count). The summed E-state index contributed by atoms with van der Waals surface area (Å²) in [5, 5.41) is 153. The quantitative estimate of drug-likeness (QED) is 0.0390. The molecule has 0 aromatic heterocycles. The van der Waals surface area contributed by atoms with E-state index in [1.165, 1.54) is 55.9 Å². The molecule has 33 heteroatoms. The van der Waals surface area contributed by atoms with Gasteiger partial charge in [-0.15, -0.1) is 0 Å². The Balaban J connectivity index is 0.000000384. The Hall–Kier alpha value is -2.79. The molecule has 0 spiro atoms. The van der Waals surface area contributed by atoms with Crippen LogP contribution in [-0.2, 0) is 66.4 Å². The van der Waals surface area contributed by atoms with Gasteiger partial charge in [0.05, 0.1) is 114 Å². The largest absolute Gasteiger partial charge is 0.459 e. The van der Waals surface area contributed by atoms with Gasteiger partial charge in [-0.3, -0.25) is 9.59 Å². The van der Waals surface area contributed by atoms with E-state index in [0.717, 1.165) is 0 Å². The van der Waals surface area contributed by atoms with Crippen LogP contribution < -0.4 is 0 Å². The summed E-state index contributed by atoms with van der Waals surface area (Å²) in [5.41, 5.74) is -0.244. The van der Waals surface area contributed by atoms with E-state index in [9.17, 15) is 81.6 Å². The molecule has 0 aromatic rings. The van der Waals surface area contributed by atoms with E-state index in [1.807, 2.05) is 18.9 Å². The minimum absolute atomic E-state index is 0.00502. The summed E-state index contributed by atoms with van der Waals surface area (Å²) in [4.78, 5) is 34.7. The van der Waals surface area contributed by atoms with Crippen LogP contribution in [-0.4, -0.2) is 341 Å². The third kappa shape index (κ3) is 21.6. The number of hydrogen-bond acceptors (Lipinski definition) is 30. The predicted molar refractivity (Wildman–Crippen MR) is 387 cm³/mol. The molecule has 6 aliphatic rings. The van der Waals surface area contributed by atoms with E-state index in [4.69, 9.17) is 56.8 Å². The summed E-state index contributed by atoms with van der Waals surface area (Å²) in [5.74, 6) is -6.20. The normalized spacial score (nSPS) is 51.0. The van der Waals surface area contributed by atoms with E-state index >= 15 is 0 Å². The summed E-state index contributed by atoms with van der Waals surface area (Å²) in [7, 11) is 9.70. The van der Waals surface area contributed by atoms with Gasteiger partial charge in [-0.05, 0) is 155 Å². The van der Waals surface area contributed by atoms with Crippen LogP contribution in [0.4, 0.5) is 0 Å². The van der Waals surface area contributed by atoms with Gasteiger partial charge in [-0.2, -0.15) is 4.65 Å². The Kier molecular flexibility index (Phi) is 33.4. The highest BCUT2D eigenvalue weighted by atomic mass is 16.7. The van der Waals surface area contributed by atoms with E-state index in [-0.39, 0.29) is 51.0 Å². The number of hydrogen-bond donors (Lipinski definition) is 13. The first-order valence-corrected chi connectivity index (χ1v) is 38.2. The third-order valence-electron chi connectivity index (χ3n) is 24.5. The van der Waals surface area contributed by atoms with E-state index < -0.39 is 239 Å². The molecule has 33 nitrogen and oxygen atoms in total. The summed E-state index contributed by atoms with van der Waals surface area (Å²) in [6.07, 6.45) is -24.7. The summed E-state index contributed by atoms with van der Waals surface area (Å²) >= 11 is 0. The van der Waals surface area contributed by atoms with Gasteiger partial charge in [-0.25, -0.2) is 5.21 Å². The van der Waals surface area contributed by atoms with E-state index in [0.29, 0.717) is 6.54 Å². The van der Waals surface area contributed by atoms with Gasteiger partial charge in [0.15, 0.2) is 25.2 Å². The maximum atomic E-state index is 14.2. The van der Waals surface area contributed by atoms with Crippen LogP contribution in [0.15, 0.2) is 5.11 Å². The van der Waals surface area contributed by atoms with Crippen molar-refractivity contribution in [2.45, 2.75) is 370 Å². The molecule has 107 heavy (non-hydrogen) atoms. The summed E-state index contributed by atoms with van der Waals surface area (Å²) < 4.78 is 73.1. The number of esters is 2. The molecule has 6 aliphatic heterocycles. The molecule has 6 heterocycles. The van der Waals surface area contributed by atoms with Crippen molar-refractivity contribution in [1.29, 1.82) is 0 Å². The van der Waals surface area contributed by atoms with Crippen LogP contribution in [0.25, 0.3) is 10.4 Å². The smallest absolute Gasteiger partial charge is 0.311 e. The number of hydroxylamine groups is 3. The highest BCUT2D eigenvalue weighted by Crippen LogP contribution is 2.44. The number of likely N-dealkylation sites (N-methyl/N-ethyl adjacent to an activating group) is 3. The van der Waals surface area contributed by atoms with Crippen molar-refractivity contribution in [1.82, 2.24) is 9.80 Å². The first-order chi connectivity index (χ1) is 49.1. The second-order valence-electron chi connectivity index (χ2n) is 34.2. The topological polar surface area (TPSA) is 463 Å². The van der Waals surface area contributed by atoms with Crippen LogP contribution >= 0.6 is 0 Å². The van der Waals surface area contributed by atoms with Crippen molar-refractivity contribution in [3.8, 4) is 0 Å². The number of cyclic esters (lactones) is 2. The lowest BCUT2D eigenvalue weighted by molar-refractivity contribution is -1.11. The number of quaternary nitrogens is 1. The van der Waals surface area contributed by atoms with Crippen molar-refractivity contribution < 1.29 is 138 Å². The average Bonchev–Trinajstić information content (AvgIpc) is 1.60. The van der Waals surface area contributed by atoms with Crippen LogP contribution in [0.1, 0.15) is 177 Å². The van der Waals surface area contributed by atoms with Gasteiger partial charge in [0.25, 0.3) is 0 Å². The molecule has 1 unspecified atom stereocenters. The number of ether oxygens (including phenoxy) is 12. The molecule has 626 valence electrons. The predicted octanol–water partition coefficient (Wildman–Crippen LogP) is 2.40. The number of nitrogens with zero attached hydrogens (tertiary/aromatic N) is 6. The monoisotopic (exact) mass is 1540 g/mol. The number of methoxy groups -OCH3 is 2. The van der Waals surface area contributed by atoms with Crippen LogP contribution in [0.2, 0.25) is 0 Å². The number of aliphatic hydroxyl groups is 12. The molecular weight excluding hydrogens is 1400 g/mol. The van der Waals surface area contributed by atoms with Gasteiger partial charge in [-0.1, -0.05) is 46.7 Å². The van der Waals surface area contributed by atoms with Crippen LogP contribution in [0.3, 0.4) is 0 Å². The number of carbonyl (C=O) groups excluding carboxylic acids is 2. The Morgan fingerprint density at radius 2 is 0.953 bits per heavy atom. The van der Waals surface area contributed by atoms with Gasteiger partial charge in [0.1, 0.15) is 72.6 Å². The van der Waals surface area contributed by atoms with Gasteiger partial charge < -0.3 is 128 Å². The highest BCUT2D eigenvalue weighted by molar-refractivity contribution is 5.73. The Morgan fingerprint density at radius 3 is 1.35 bits per heavy atom. The van der Waals surface area contributed by atoms with Crippen molar-refractivity contribution in [2.75, 3.05) is 55.5 Å². The molecule has 0 aliphatic carbocycles. The zero-order valence-electron chi connectivity index (χ0n) is 68.3. The number of azide groups is 1. The van der Waals surface area contributed by atoms with Gasteiger partial charge in [0, 0.05) is 62.3 Å². The van der Waals surface area contributed by atoms with Crippen molar-refractivity contribution >= 4 is 11.9 Å².